The molecule has 0 bridgehead atoms. The Morgan fingerprint density at radius 3 is 2.48 bits per heavy atom. The van der Waals surface area contributed by atoms with Gasteiger partial charge in [-0.05, 0) is 30.5 Å². The first-order valence-electron chi connectivity index (χ1n) is 7.42. The van der Waals surface area contributed by atoms with Crippen molar-refractivity contribution in [1.29, 1.82) is 0 Å². The van der Waals surface area contributed by atoms with Gasteiger partial charge in [0, 0.05) is 17.0 Å². The van der Waals surface area contributed by atoms with Gasteiger partial charge in [-0.25, -0.2) is 4.79 Å². The molecule has 1 N–H and O–H groups in total. The Morgan fingerprint density at radius 2 is 1.87 bits per heavy atom. The summed E-state index contributed by atoms with van der Waals surface area (Å²) in [7, 11) is 0. The van der Waals surface area contributed by atoms with Crippen LogP contribution in [-0.4, -0.2) is 10.9 Å². The summed E-state index contributed by atoms with van der Waals surface area (Å²) in [5, 5.41) is 10.9. The second-order valence-electron chi connectivity index (χ2n) is 5.39. The maximum absolute atomic E-state index is 12.0. The number of benzene rings is 2. The van der Waals surface area contributed by atoms with Gasteiger partial charge < -0.3 is 9.52 Å². The maximum Gasteiger partial charge on any atom is 0.336 e. The first kappa shape index (κ1) is 15.0. The van der Waals surface area contributed by atoms with Gasteiger partial charge in [-0.1, -0.05) is 37.3 Å². The van der Waals surface area contributed by atoms with Crippen molar-refractivity contribution < 1.29 is 14.3 Å². The molecule has 4 nitrogen and oxygen atoms in total. The summed E-state index contributed by atoms with van der Waals surface area (Å²) in [5.74, 6) is -0.501. The van der Waals surface area contributed by atoms with Gasteiger partial charge >= 0.3 is 5.63 Å². The highest BCUT2D eigenvalue weighted by atomic mass is 16.4. The zero-order valence-electron chi connectivity index (χ0n) is 12.9. The maximum atomic E-state index is 12.0. The molecule has 0 aliphatic heterocycles. The molecule has 0 unspecified atom stereocenters. The van der Waals surface area contributed by atoms with Crippen LogP contribution in [0.25, 0.3) is 22.1 Å². The van der Waals surface area contributed by atoms with Crippen molar-refractivity contribution in [1.82, 2.24) is 0 Å². The first-order valence-corrected chi connectivity index (χ1v) is 7.42. The quantitative estimate of drug-likeness (QED) is 0.588. The SMILES string of the molecule is CCc1cc(O)c(C(C)=O)c2oc(=O)cc(-c3ccccc3)c12. The number of carbonyl (C=O) groups excluding carboxylic acids is 1. The van der Waals surface area contributed by atoms with Crippen molar-refractivity contribution in [2.24, 2.45) is 0 Å². The fraction of sp³-hybridized carbons (Fsp3) is 0.158. The Hall–Kier alpha value is -2.88. The molecule has 0 saturated heterocycles. The molecule has 2 aromatic carbocycles. The largest absolute Gasteiger partial charge is 0.507 e. The zero-order valence-corrected chi connectivity index (χ0v) is 12.9. The average Bonchev–Trinajstić information content (AvgIpc) is 2.53. The average molecular weight is 308 g/mol. The number of fused-ring (bicyclic) bond motifs is 1. The van der Waals surface area contributed by atoms with E-state index in [0.717, 1.165) is 11.1 Å². The number of carbonyl (C=O) groups is 1. The molecule has 3 aromatic rings. The molecule has 1 heterocycles. The number of ketones is 1. The summed E-state index contributed by atoms with van der Waals surface area (Å²) < 4.78 is 5.30. The van der Waals surface area contributed by atoms with Gasteiger partial charge in [0.05, 0.1) is 0 Å². The van der Waals surface area contributed by atoms with E-state index in [4.69, 9.17) is 4.42 Å². The van der Waals surface area contributed by atoms with Gasteiger partial charge in [0.25, 0.3) is 0 Å². The van der Waals surface area contributed by atoms with Gasteiger partial charge in [0.15, 0.2) is 11.4 Å². The van der Waals surface area contributed by atoms with Crippen molar-refractivity contribution in [2.45, 2.75) is 20.3 Å². The lowest BCUT2D eigenvalue weighted by Crippen LogP contribution is -2.04. The van der Waals surface area contributed by atoms with Crippen molar-refractivity contribution >= 4 is 16.8 Å². The Kier molecular flexibility index (Phi) is 3.74. The molecule has 0 fully saturated rings. The molecule has 0 spiro atoms. The molecule has 0 aliphatic carbocycles. The number of Topliss-reactive ketones (excluding diaryl/α,β-unsaturated/α-hetero) is 1. The van der Waals surface area contributed by atoms with E-state index in [0.29, 0.717) is 17.4 Å². The van der Waals surface area contributed by atoms with Gasteiger partial charge in [-0.2, -0.15) is 0 Å². The van der Waals surface area contributed by atoms with Crippen LogP contribution in [0, 0.1) is 0 Å². The van der Waals surface area contributed by atoms with Crippen LogP contribution in [0.15, 0.2) is 51.7 Å². The highest BCUT2D eigenvalue weighted by molar-refractivity contribution is 6.11. The molecule has 4 heteroatoms. The lowest BCUT2D eigenvalue weighted by molar-refractivity contribution is 0.101. The number of phenols is 1. The predicted molar refractivity (Wildman–Crippen MR) is 89.0 cm³/mol. The minimum absolute atomic E-state index is 0.0482. The summed E-state index contributed by atoms with van der Waals surface area (Å²) in [5.41, 5.74) is 2.04. The van der Waals surface area contributed by atoms with Crippen LogP contribution in [0.5, 0.6) is 5.75 Å². The second-order valence-corrected chi connectivity index (χ2v) is 5.39. The lowest BCUT2D eigenvalue weighted by Gasteiger charge is -2.13. The number of aromatic hydroxyl groups is 1. The topological polar surface area (TPSA) is 67.5 Å². The van der Waals surface area contributed by atoms with Crippen molar-refractivity contribution in [3.05, 3.63) is 64.0 Å². The zero-order chi connectivity index (χ0) is 16.6. The lowest BCUT2D eigenvalue weighted by atomic mass is 9.93. The Bertz CT molecular complexity index is 953. The predicted octanol–water partition coefficient (Wildman–Crippen LogP) is 3.93. The minimum atomic E-state index is -0.550. The Morgan fingerprint density at radius 1 is 1.17 bits per heavy atom. The van der Waals surface area contributed by atoms with Gasteiger partial charge in [0.2, 0.25) is 0 Å². The highest BCUT2D eigenvalue weighted by Crippen LogP contribution is 2.36. The molecule has 0 radical (unpaired) electrons. The standard InChI is InChI=1S/C19H16O4/c1-3-12-9-15(21)17(11(2)20)19-18(12)14(10-16(22)23-19)13-7-5-4-6-8-13/h4-10,21H,3H2,1-2H3. The van der Waals surface area contributed by atoms with Crippen LogP contribution in [0.1, 0.15) is 29.8 Å². The van der Waals surface area contributed by atoms with Crippen LogP contribution < -0.4 is 5.63 Å². The third-order valence-corrected chi connectivity index (χ3v) is 3.89. The molecular formula is C19H16O4. The summed E-state index contributed by atoms with van der Waals surface area (Å²) >= 11 is 0. The van der Waals surface area contributed by atoms with E-state index in [9.17, 15) is 14.7 Å². The van der Waals surface area contributed by atoms with E-state index in [1.54, 1.807) is 6.07 Å². The molecule has 23 heavy (non-hydrogen) atoms. The van der Waals surface area contributed by atoms with E-state index in [1.165, 1.54) is 13.0 Å². The first-order chi connectivity index (χ1) is 11.0. The second kappa shape index (κ2) is 5.72. The van der Waals surface area contributed by atoms with Gasteiger partial charge in [-0.3, -0.25) is 4.79 Å². The number of hydrogen-bond donors (Lipinski definition) is 1. The number of rotatable bonds is 3. The molecule has 0 atom stereocenters. The smallest absolute Gasteiger partial charge is 0.336 e. The number of hydrogen-bond acceptors (Lipinski definition) is 4. The van der Waals surface area contributed by atoms with Crippen LogP contribution in [0.4, 0.5) is 0 Å². The molecular weight excluding hydrogens is 292 g/mol. The monoisotopic (exact) mass is 308 g/mol. The molecule has 1 aromatic heterocycles. The van der Waals surface area contributed by atoms with Crippen molar-refractivity contribution in [3.8, 4) is 16.9 Å². The molecule has 0 saturated carbocycles. The Balaban J connectivity index is 2.54. The van der Waals surface area contributed by atoms with Gasteiger partial charge in [0.1, 0.15) is 11.3 Å². The number of aryl methyl sites for hydroxylation is 1. The van der Waals surface area contributed by atoms with E-state index < -0.39 is 5.63 Å². The fourth-order valence-corrected chi connectivity index (χ4v) is 2.88. The molecule has 3 rings (SSSR count). The summed E-state index contributed by atoms with van der Waals surface area (Å²) in [4.78, 5) is 23.9. The Labute approximate surface area is 133 Å². The van der Waals surface area contributed by atoms with Crippen molar-refractivity contribution in [3.63, 3.8) is 0 Å². The minimum Gasteiger partial charge on any atom is -0.507 e. The van der Waals surface area contributed by atoms with Crippen LogP contribution in [0.2, 0.25) is 0 Å². The summed E-state index contributed by atoms with van der Waals surface area (Å²) in [6.45, 7) is 3.29. The summed E-state index contributed by atoms with van der Waals surface area (Å²) in [6, 6.07) is 12.5. The fourth-order valence-electron chi connectivity index (χ4n) is 2.88. The van der Waals surface area contributed by atoms with Crippen molar-refractivity contribution in [2.75, 3.05) is 0 Å². The molecule has 0 amide bonds. The molecule has 0 aliphatic rings. The molecule has 116 valence electrons. The van der Waals surface area contributed by atoms with Crippen LogP contribution in [0.3, 0.4) is 0 Å². The van der Waals surface area contributed by atoms with E-state index >= 15 is 0 Å². The summed E-state index contributed by atoms with van der Waals surface area (Å²) in [6.07, 6.45) is 0.635. The van der Waals surface area contributed by atoms with Crippen LogP contribution in [-0.2, 0) is 6.42 Å². The highest BCUT2D eigenvalue weighted by Gasteiger charge is 2.20. The third-order valence-electron chi connectivity index (χ3n) is 3.89. The van der Waals surface area contributed by atoms with E-state index in [-0.39, 0.29) is 22.7 Å². The van der Waals surface area contributed by atoms with Crippen LogP contribution >= 0.6 is 0 Å². The van der Waals surface area contributed by atoms with E-state index in [1.807, 2.05) is 37.3 Å². The normalized spacial score (nSPS) is 10.9. The number of phenolic OH excluding ortho intramolecular Hbond substituents is 1. The van der Waals surface area contributed by atoms with E-state index in [2.05, 4.69) is 0 Å². The third kappa shape index (κ3) is 2.52. The van der Waals surface area contributed by atoms with Gasteiger partial charge in [-0.15, -0.1) is 0 Å².